The third kappa shape index (κ3) is 4.42. The molecule has 1 amide bonds. The fraction of sp³-hybridized carbons (Fsp3) is 0.444. The predicted octanol–water partition coefficient (Wildman–Crippen LogP) is 6.10. The number of fused-ring (bicyclic) bond motifs is 3. The summed E-state index contributed by atoms with van der Waals surface area (Å²) in [6.07, 6.45) is 7.19. The average molecular weight is 493 g/mol. The van der Waals surface area contributed by atoms with E-state index in [1.807, 2.05) is 26.1 Å². The highest BCUT2D eigenvalue weighted by Crippen LogP contribution is 2.49. The van der Waals surface area contributed by atoms with Gasteiger partial charge in [0, 0.05) is 53.0 Å². The molecule has 1 unspecified atom stereocenters. The smallest absolute Gasteiger partial charge is 0.260 e. The van der Waals surface area contributed by atoms with Crippen LogP contribution >= 0.6 is 0 Å². The number of amides is 1. The molecule has 4 heterocycles. The molecule has 0 aromatic carbocycles. The zero-order valence-electron chi connectivity index (χ0n) is 21.0. The molecule has 2 aliphatic rings. The predicted molar refractivity (Wildman–Crippen MR) is 135 cm³/mol. The van der Waals surface area contributed by atoms with E-state index in [1.165, 1.54) is 0 Å². The van der Waals surface area contributed by atoms with E-state index in [2.05, 4.69) is 35.2 Å². The van der Waals surface area contributed by atoms with E-state index in [9.17, 15) is 13.6 Å². The second kappa shape index (κ2) is 9.19. The second-order valence-corrected chi connectivity index (χ2v) is 9.41. The van der Waals surface area contributed by atoms with Gasteiger partial charge in [-0.25, -0.2) is 23.3 Å². The molecule has 188 valence electrons. The quantitative estimate of drug-likeness (QED) is 0.352. The number of anilines is 1. The number of hydrogen-bond acceptors (Lipinski definition) is 5. The molecule has 0 saturated heterocycles. The Morgan fingerprint density at radius 1 is 1.14 bits per heavy atom. The van der Waals surface area contributed by atoms with Crippen molar-refractivity contribution in [2.24, 2.45) is 5.92 Å². The Morgan fingerprint density at radius 3 is 2.53 bits per heavy atom. The summed E-state index contributed by atoms with van der Waals surface area (Å²) in [4.78, 5) is 26.0. The maximum atomic E-state index is 13.3. The minimum Gasteiger partial charge on any atom is -0.310 e. The minimum atomic E-state index is -2.92. The molecule has 0 spiro atoms. The first kappa shape index (κ1) is 24.2. The standard InChI is InChI=1S/C25H24F2N6O.C2H6/c1-3-4-16-7-13(2)18(12-28-16)17-8-15-11-29-21(30-24(34)19-10-25(19,26)27)9-20(15)33-23(17)31-22(32-33)14-5-6-14;1-2/h7-9,11-12,14,19H,3-6,10H2,1-2H3,(H,29,30,34);1-2H3. The summed E-state index contributed by atoms with van der Waals surface area (Å²) < 4.78 is 28.4. The van der Waals surface area contributed by atoms with E-state index >= 15 is 0 Å². The molecule has 0 bridgehead atoms. The van der Waals surface area contributed by atoms with Gasteiger partial charge in [-0.3, -0.25) is 9.78 Å². The zero-order valence-corrected chi connectivity index (χ0v) is 21.0. The lowest BCUT2D eigenvalue weighted by atomic mass is 10.0. The Hall–Kier alpha value is -3.49. The van der Waals surface area contributed by atoms with Crippen LogP contribution < -0.4 is 5.32 Å². The van der Waals surface area contributed by atoms with Crippen LogP contribution in [0.3, 0.4) is 0 Å². The van der Waals surface area contributed by atoms with Gasteiger partial charge in [-0.1, -0.05) is 27.2 Å². The summed E-state index contributed by atoms with van der Waals surface area (Å²) in [6.45, 7) is 8.20. The number of rotatable bonds is 6. The third-order valence-corrected chi connectivity index (χ3v) is 6.60. The SMILES string of the molecule is CC.CCCc1cc(C)c(-c2cc3cnc(NC(=O)C4CC4(F)F)cc3n3nc(C4CC4)nc23)cn1. The minimum absolute atomic E-state index is 0.222. The molecule has 9 heteroatoms. The van der Waals surface area contributed by atoms with E-state index < -0.39 is 24.2 Å². The first-order valence-electron chi connectivity index (χ1n) is 12.7. The van der Waals surface area contributed by atoms with Crippen LogP contribution in [-0.4, -0.2) is 36.4 Å². The summed E-state index contributed by atoms with van der Waals surface area (Å²) in [6, 6.07) is 5.79. The number of alkyl halides is 2. The highest BCUT2D eigenvalue weighted by atomic mass is 19.3. The van der Waals surface area contributed by atoms with Crippen molar-refractivity contribution in [1.29, 1.82) is 0 Å². The van der Waals surface area contributed by atoms with Gasteiger partial charge in [-0.15, -0.1) is 0 Å². The molecule has 0 aliphatic heterocycles. The molecule has 2 saturated carbocycles. The van der Waals surface area contributed by atoms with E-state index in [4.69, 9.17) is 10.1 Å². The van der Waals surface area contributed by atoms with Gasteiger partial charge in [0.15, 0.2) is 11.5 Å². The fourth-order valence-corrected chi connectivity index (χ4v) is 4.42. The lowest BCUT2D eigenvalue weighted by Gasteiger charge is -2.12. The zero-order chi connectivity index (χ0) is 25.6. The van der Waals surface area contributed by atoms with E-state index in [-0.39, 0.29) is 5.82 Å². The van der Waals surface area contributed by atoms with Crippen LogP contribution in [0.1, 0.15) is 69.5 Å². The number of pyridine rings is 3. The van der Waals surface area contributed by atoms with Gasteiger partial charge < -0.3 is 5.32 Å². The number of hydrogen-bond donors (Lipinski definition) is 1. The fourth-order valence-electron chi connectivity index (χ4n) is 4.42. The molecule has 2 aliphatic carbocycles. The maximum Gasteiger partial charge on any atom is 0.260 e. The number of halogens is 2. The molecule has 7 nitrogen and oxygen atoms in total. The van der Waals surface area contributed by atoms with Gasteiger partial charge in [-0.05, 0) is 43.9 Å². The first-order chi connectivity index (χ1) is 17.3. The van der Waals surface area contributed by atoms with Gasteiger partial charge >= 0.3 is 0 Å². The summed E-state index contributed by atoms with van der Waals surface area (Å²) in [7, 11) is 0. The average Bonchev–Trinajstić information content (AvgIpc) is 3.77. The van der Waals surface area contributed by atoms with Crippen LogP contribution in [0.25, 0.3) is 27.7 Å². The van der Waals surface area contributed by atoms with Gasteiger partial charge in [0.05, 0.1) is 5.52 Å². The molecule has 0 radical (unpaired) electrons. The molecular weight excluding hydrogens is 462 g/mol. The van der Waals surface area contributed by atoms with Crippen LogP contribution in [0.5, 0.6) is 0 Å². The van der Waals surface area contributed by atoms with E-state index in [0.29, 0.717) is 17.1 Å². The summed E-state index contributed by atoms with van der Waals surface area (Å²) in [5.41, 5.74) is 5.48. The number of nitrogens with zero attached hydrogens (tertiary/aromatic N) is 5. The topological polar surface area (TPSA) is 85.1 Å². The van der Waals surface area contributed by atoms with E-state index in [0.717, 1.165) is 59.3 Å². The van der Waals surface area contributed by atoms with Crippen LogP contribution in [-0.2, 0) is 11.2 Å². The van der Waals surface area contributed by atoms with Crippen molar-refractivity contribution in [3.63, 3.8) is 0 Å². The van der Waals surface area contributed by atoms with Gasteiger partial charge in [0.2, 0.25) is 5.91 Å². The van der Waals surface area contributed by atoms with Crippen LogP contribution in [0.15, 0.2) is 30.6 Å². The van der Waals surface area contributed by atoms with Gasteiger partial charge in [0.25, 0.3) is 5.92 Å². The van der Waals surface area contributed by atoms with Crippen molar-refractivity contribution < 1.29 is 13.6 Å². The lowest BCUT2D eigenvalue weighted by molar-refractivity contribution is -0.119. The molecule has 36 heavy (non-hydrogen) atoms. The first-order valence-corrected chi connectivity index (χ1v) is 12.7. The normalized spacial score (nSPS) is 18.1. The largest absolute Gasteiger partial charge is 0.310 e. The van der Waals surface area contributed by atoms with Crippen molar-refractivity contribution in [2.45, 2.75) is 71.6 Å². The van der Waals surface area contributed by atoms with Crippen LogP contribution in [0, 0.1) is 12.8 Å². The Labute approximate surface area is 208 Å². The van der Waals surface area contributed by atoms with E-state index in [1.54, 1.807) is 16.8 Å². The third-order valence-electron chi connectivity index (χ3n) is 6.60. The molecule has 1 N–H and O–H groups in total. The lowest BCUT2D eigenvalue weighted by Crippen LogP contribution is -2.18. The number of aromatic nitrogens is 5. The number of carbonyl (C=O) groups excluding carboxylic acids is 1. The Balaban J connectivity index is 0.00000130. The molecule has 4 aromatic rings. The summed E-state index contributed by atoms with van der Waals surface area (Å²) >= 11 is 0. The molecule has 2 fully saturated rings. The Bertz CT molecular complexity index is 1460. The molecular formula is C27H30F2N6O. The number of carbonyl (C=O) groups is 1. The van der Waals surface area contributed by atoms with Crippen molar-refractivity contribution in [2.75, 3.05) is 5.32 Å². The number of nitrogens with one attached hydrogen (secondary N) is 1. The highest BCUT2D eigenvalue weighted by Gasteiger charge is 2.61. The van der Waals surface area contributed by atoms with Crippen molar-refractivity contribution >= 4 is 28.3 Å². The van der Waals surface area contributed by atoms with Crippen molar-refractivity contribution in [3.05, 3.63) is 47.7 Å². The van der Waals surface area contributed by atoms with Crippen molar-refractivity contribution in [3.8, 4) is 11.1 Å². The second-order valence-electron chi connectivity index (χ2n) is 9.41. The highest BCUT2D eigenvalue weighted by molar-refractivity contribution is 5.97. The summed E-state index contributed by atoms with van der Waals surface area (Å²) in [5, 5.41) is 8.12. The van der Waals surface area contributed by atoms with Crippen LogP contribution in [0.2, 0.25) is 0 Å². The molecule has 4 aromatic heterocycles. The molecule has 1 atom stereocenters. The maximum absolute atomic E-state index is 13.3. The Kier molecular flexibility index (Phi) is 6.18. The summed E-state index contributed by atoms with van der Waals surface area (Å²) in [5.74, 6) is -3.55. The number of aryl methyl sites for hydroxylation is 2. The monoisotopic (exact) mass is 492 g/mol. The van der Waals surface area contributed by atoms with Gasteiger partial charge in [0.1, 0.15) is 11.7 Å². The van der Waals surface area contributed by atoms with Gasteiger partial charge in [-0.2, -0.15) is 5.10 Å². The Morgan fingerprint density at radius 2 is 1.89 bits per heavy atom. The van der Waals surface area contributed by atoms with Crippen LogP contribution in [0.4, 0.5) is 14.6 Å². The molecule has 6 rings (SSSR count). The van der Waals surface area contributed by atoms with Crippen molar-refractivity contribution in [1.82, 2.24) is 24.6 Å².